The molecule has 0 fully saturated rings. The van der Waals surface area contributed by atoms with Crippen LogP contribution in [0.3, 0.4) is 0 Å². The molecule has 70 heavy (non-hydrogen) atoms. The van der Waals surface area contributed by atoms with E-state index < -0.39 is 16.9 Å². The van der Waals surface area contributed by atoms with Crippen LogP contribution in [0, 0.1) is 0 Å². The van der Waals surface area contributed by atoms with Crippen LogP contribution < -0.4 is 9.80 Å². The quantitative estimate of drug-likeness (QED) is 0.150. The summed E-state index contributed by atoms with van der Waals surface area (Å²) < 4.78 is 44.2. The van der Waals surface area contributed by atoms with E-state index in [2.05, 4.69) is 223 Å². The molecule has 11 aromatic carbocycles. The molecule has 1 unspecified atom stereocenters. The summed E-state index contributed by atoms with van der Waals surface area (Å²) in [4.78, 5) is 4.25. The van der Waals surface area contributed by atoms with Gasteiger partial charge in [0, 0.05) is 34.0 Å². The second-order valence-electron chi connectivity index (χ2n) is 18.3. The van der Waals surface area contributed by atoms with E-state index in [1.165, 1.54) is 50.1 Å². The highest BCUT2D eigenvalue weighted by molar-refractivity contribution is 6.00. The summed E-state index contributed by atoms with van der Waals surface area (Å²) in [6.07, 6.45) is 0. The molecule has 0 saturated carbocycles. The SMILES string of the molecule is [2H]c1c([2H])c([2H])c(N(c2ccccc2)c2ccc3c(c2)-c2ccccc2C32c3ccccc3-c3ccc(N(c4ccccc4)c4cccc5c4-c4ccccc4C5(c4ccccc4)c4ccccc4)cc32)c([2H])c1[2H]. The summed E-state index contributed by atoms with van der Waals surface area (Å²) in [5, 5.41) is 0. The van der Waals surface area contributed by atoms with Crippen molar-refractivity contribution in [2.75, 3.05) is 9.80 Å². The minimum absolute atomic E-state index is 0.0927. The number of hydrogen-bond donors (Lipinski definition) is 0. The van der Waals surface area contributed by atoms with Crippen LogP contribution in [-0.4, -0.2) is 0 Å². The maximum atomic E-state index is 9.16. The molecule has 0 aliphatic heterocycles. The predicted octanol–water partition coefficient (Wildman–Crippen LogP) is 17.3. The number of anilines is 6. The molecule has 3 aliphatic carbocycles. The summed E-state index contributed by atoms with van der Waals surface area (Å²) in [5.41, 5.74) is 19.6. The summed E-state index contributed by atoms with van der Waals surface area (Å²) >= 11 is 0. The Bertz CT molecular complexity index is 4020. The van der Waals surface area contributed by atoms with Crippen molar-refractivity contribution in [3.05, 3.63) is 323 Å². The van der Waals surface area contributed by atoms with Crippen LogP contribution in [-0.2, 0) is 10.8 Å². The number of rotatable bonds is 8. The van der Waals surface area contributed by atoms with Gasteiger partial charge >= 0.3 is 0 Å². The van der Waals surface area contributed by atoms with Gasteiger partial charge in [-0.1, -0.05) is 212 Å². The third-order valence-corrected chi connectivity index (χ3v) is 15.0. The third-order valence-electron chi connectivity index (χ3n) is 15.0. The first-order valence-electron chi connectivity index (χ1n) is 26.4. The topological polar surface area (TPSA) is 6.48 Å². The Hall–Kier alpha value is -8.98. The molecule has 0 N–H and O–H groups in total. The van der Waals surface area contributed by atoms with Gasteiger partial charge in [-0.3, -0.25) is 0 Å². The Labute approximate surface area is 416 Å². The smallest absolute Gasteiger partial charge is 0.0726 e. The highest BCUT2D eigenvalue weighted by Crippen LogP contribution is 2.65. The van der Waals surface area contributed by atoms with Crippen LogP contribution in [0.1, 0.15) is 51.4 Å². The Morgan fingerprint density at radius 2 is 0.729 bits per heavy atom. The first-order chi connectivity index (χ1) is 36.8. The van der Waals surface area contributed by atoms with E-state index in [0.717, 1.165) is 44.9 Å². The molecule has 11 aromatic rings. The molecule has 0 bridgehead atoms. The zero-order chi connectivity index (χ0) is 50.6. The lowest BCUT2D eigenvalue weighted by atomic mass is 9.68. The fourth-order valence-corrected chi connectivity index (χ4v) is 12.4. The summed E-state index contributed by atoms with van der Waals surface area (Å²) in [6.45, 7) is 0. The van der Waals surface area contributed by atoms with Gasteiger partial charge < -0.3 is 9.80 Å². The monoisotopic (exact) mass is 895 g/mol. The number of hydrogen-bond acceptors (Lipinski definition) is 2. The second-order valence-corrected chi connectivity index (χ2v) is 18.3. The maximum absolute atomic E-state index is 9.16. The molecule has 0 radical (unpaired) electrons. The number of benzene rings is 11. The summed E-state index contributed by atoms with van der Waals surface area (Å²) in [6, 6.07) is 87.1. The number of para-hydroxylation sites is 3. The maximum Gasteiger partial charge on any atom is 0.0726 e. The standard InChI is InChI=1S/C68H46N2/c1-6-23-47(24-7-1)67(48-25-8-2-9-26-48)61-38-21-18-35-57(61)66-63(67)39-22-40-65(66)70(51-31-14-5-15-32-51)53-41-43-56-54-33-16-19-36-59(54)68(64(56)46-53)60-37-20-17-34-55(60)58-45-52(42-44-62(58)68)69(49-27-10-3-11-28-49)50-29-12-4-13-30-50/h1-46H/i3D,10D,11D,27D,28D. The van der Waals surface area contributed by atoms with Crippen molar-refractivity contribution in [3.63, 3.8) is 0 Å². The molecule has 14 rings (SSSR count). The van der Waals surface area contributed by atoms with Gasteiger partial charge in [-0.25, -0.2) is 0 Å². The normalized spacial score (nSPS) is 16.0. The van der Waals surface area contributed by atoms with Crippen molar-refractivity contribution in [3.8, 4) is 33.4 Å². The van der Waals surface area contributed by atoms with E-state index in [-0.39, 0.29) is 29.9 Å². The first-order valence-corrected chi connectivity index (χ1v) is 23.9. The van der Waals surface area contributed by atoms with Gasteiger partial charge in [0.15, 0.2) is 0 Å². The van der Waals surface area contributed by atoms with Crippen molar-refractivity contribution in [2.45, 2.75) is 10.8 Å². The van der Waals surface area contributed by atoms with E-state index in [1.54, 1.807) is 4.90 Å². The molecule has 328 valence electrons. The summed E-state index contributed by atoms with van der Waals surface area (Å²) in [7, 11) is 0. The van der Waals surface area contributed by atoms with Crippen LogP contribution in [0.25, 0.3) is 33.4 Å². The van der Waals surface area contributed by atoms with Gasteiger partial charge in [0.25, 0.3) is 0 Å². The van der Waals surface area contributed by atoms with E-state index in [4.69, 9.17) is 6.85 Å². The van der Waals surface area contributed by atoms with E-state index in [9.17, 15) is 0 Å². The molecule has 0 amide bonds. The van der Waals surface area contributed by atoms with Crippen LogP contribution in [0.5, 0.6) is 0 Å². The van der Waals surface area contributed by atoms with E-state index >= 15 is 0 Å². The fourth-order valence-electron chi connectivity index (χ4n) is 12.4. The second kappa shape index (κ2) is 15.8. The molecule has 1 atom stereocenters. The molecular weight excluding hydrogens is 845 g/mol. The molecule has 2 heteroatoms. The minimum Gasteiger partial charge on any atom is -0.310 e. The van der Waals surface area contributed by atoms with Crippen molar-refractivity contribution in [1.29, 1.82) is 0 Å². The lowest BCUT2D eigenvalue weighted by Gasteiger charge is -2.35. The molecule has 0 aromatic heterocycles. The van der Waals surface area contributed by atoms with Crippen molar-refractivity contribution in [2.24, 2.45) is 0 Å². The average molecular weight is 896 g/mol. The Kier molecular flexibility index (Phi) is 7.95. The van der Waals surface area contributed by atoms with Gasteiger partial charge in [0.1, 0.15) is 0 Å². The highest BCUT2D eigenvalue weighted by atomic mass is 15.1. The van der Waals surface area contributed by atoms with Crippen molar-refractivity contribution in [1.82, 2.24) is 0 Å². The van der Waals surface area contributed by atoms with Crippen LogP contribution >= 0.6 is 0 Å². The van der Waals surface area contributed by atoms with Gasteiger partial charge in [0.2, 0.25) is 0 Å². The Morgan fingerprint density at radius 3 is 1.36 bits per heavy atom. The minimum atomic E-state index is -0.732. The molecule has 0 saturated heterocycles. The molecule has 1 spiro atoms. The van der Waals surface area contributed by atoms with E-state index in [0.29, 0.717) is 11.4 Å². The van der Waals surface area contributed by atoms with Gasteiger partial charge in [-0.05, 0) is 139 Å². The van der Waals surface area contributed by atoms with Crippen LogP contribution in [0.4, 0.5) is 34.1 Å². The van der Waals surface area contributed by atoms with Crippen molar-refractivity contribution >= 4 is 34.1 Å². The van der Waals surface area contributed by atoms with Gasteiger partial charge in [0.05, 0.1) is 23.4 Å². The largest absolute Gasteiger partial charge is 0.310 e. The number of nitrogens with zero attached hydrogens (tertiary/aromatic N) is 2. The Morgan fingerprint density at radius 1 is 0.271 bits per heavy atom. The summed E-state index contributed by atoms with van der Waals surface area (Å²) in [5.74, 6) is 0. The fraction of sp³-hybridized carbons (Fsp3) is 0.0294. The first kappa shape index (κ1) is 35.2. The van der Waals surface area contributed by atoms with Crippen LogP contribution in [0.15, 0.2) is 279 Å². The zero-order valence-corrected chi connectivity index (χ0v) is 38.1. The van der Waals surface area contributed by atoms with Crippen molar-refractivity contribution < 1.29 is 6.85 Å². The lowest BCUT2D eigenvalue weighted by Crippen LogP contribution is -2.28. The van der Waals surface area contributed by atoms with Gasteiger partial charge in [-0.15, -0.1) is 0 Å². The Balaban J connectivity index is 1.01. The number of fused-ring (bicyclic) bond motifs is 13. The molecular formula is C68H46N2. The van der Waals surface area contributed by atoms with Gasteiger partial charge in [-0.2, -0.15) is 0 Å². The highest BCUT2D eigenvalue weighted by Gasteiger charge is 2.52. The third kappa shape index (κ3) is 5.62. The molecule has 0 heterocycles. The predicted molar refractivity (Wildman–Crippen MR) is 289 cm³/mol. The molecule has 3 aliphatic rings. The molecule has 2 nitrogen and oxygen atoms in total. The lowest BCUT2D eigenvalue weighted by molar-refractivity contribution is 0.768. The van der Waals surface area contributed by atoms with Crippen LogP contribution in [0.2, 0.25) is 0 Å². The van der Waals surface area contributed by atoms with E-state index in [1.807, 2.05) is 30.3 Å². The zero-order valence-electron chi connectivity index (χ0n) is 43.1. The average Bonchev–Trinajstić information content (AvgIpc) is 4.15.